The molecule has 3 aromatic carbocycles. The number of hydrogen-bond donors (Lipinski definition) is 2. The van der Waals surface area contributed by atoms with Crippen molar-refractivity contribution in [1.82, 2.24) is 20.0 Å². The molecule has 0 bridgehead atoms. The third-order valence-electron chi connectivity index (χ3n) is 12.7. The summed E-state index contributed by atoms with van der Waals surface area (Å²) in [4.78, 5) is 69.5. The summed E-state index contributed by atoms with van der Waals surface area (Å²) in [6.07, 6.45) is 1.82. The molecule has 8 rings (SSSR count). The van der Waals surface area contributed by atoms with Gasteiger partial charge in [0.2, 0.25) is 11.8 Å². The van der Waals surface area contributed by atoms with Crippen molar-refractivity contribution in [1.29, 1.82) is 10.5 Å². The van der Waals surface area contributed by atoms with Gasteiger partial charge in [0, 0.05) is 67.3 Å². The quantitative estimate of drug-likeness (QED) is 0.297. The second kappa shape index (κ2) is 14.2. The number of rotatable bonds is 8. The number of anilines is 1. The lowest BCUT2D eigenvalue weighted by Crippen LogP contribution is -2.72. The molecule has 5 amide bonds. The van der Waals surface area contributed by atoms with Gasteiger partial charge in [-0.3, -0.25) is 39.1 Å². The first-order valence-corrected chi connectivity index (χ1v) is 19.6. The van der Waals surface area contributed by atoms with Gasteiger partial charge in [0.25, 0.3) is 17.7 Å². The van der Waals surface area contributed by atoms with Crippen molar-refractivity contribution in [3.05, 3.63) is 93.5 Å². The lowest BCUT2D eigenvalue weighted by molar-refractivity contribution is -0.147. The minimum atomic E-state index is -0.979. The van der Waals surface area contributed by atoms with Crippen LogP contribution in [0.25, 0.3) is 0 Å². The first-order valence-electron chi connectivity index (χ1n) is 19.6. The first-order chi connectivity index (χ1) is 27.2. The van der Waals surface area contributed by atoms with Gasteiger partial charge in [0.15, 0.2) is 0 Å². The largest absolute Gasteiger partial charge is 0.489 e. The van der Waals surface area contributed by atoms with Gasteiger partial charge in [0.1, 0.15) is 30.0 Å². The summed E-state index contributed by atoms with van der Waals surface area (Å²) >= 11 is 0. The van der Waals surface area contributed by atoms with E-state index in [1.807, 2.05) is 35.2 Å². The molecule has 4 heterocycles. The zero-order valence-corrected chi connectivity index (χ0v) is 32.6. The van der Waals surface area contributed by atoms with E-state index in [-0.39, 0.29) is 41.7 Å². The molecule has 2 N–H and O–H groups in total. The summed E-state index contributed by atoms with van der Waals surface area (Å²) < 4.78 is 6.42. The number of imide groups is 2. The van der Waals surface area contributed by atoms with Crippen LogP contribution in [0.4, 0.5) is 5.69 Å². The van der Waals surface area contributed by atoms with Gasteiger partial charge in [-0.2, -0.15) is 10.5 Å². The molecule has 3 fully saturated rings. The number of nitrogens with zero attached hydrogens (tertiary/aromatic N) is 5. The number of carbonyl (C=O) groups excluding carboxylic acids is 5. The normalized spacial score (nSPS) is 23.9. The minimum absolute atomic E-state index is 0.0145. The number of nitrogens with one attached hydrogen (secondary N) is 2. The fraction of sp³-hybridized carbons (Fsp3) is 0.432. The van der Waals surface area contributed by atoms with E-state index in [0.29, 0.717) is 65.7 Å². The highest BCUT2D eigenvalue weighted by atomic mass is 16.5. The van der Waals surface area contributed by atoms with Crippen LogP contribution in [0.1, 0.15) is 107 Å². The minimum Gasteiger partial charge on any atom is -0.489 e. The van der Waals surface area contributed by atoms with Crippen LogP contribution in [0.15, 0.2) is 54.6 Å². The first kappa shape index (κ1) is 37.9. The molecule has 0 aromatic heterocycles. The summed E-state index contributed by atoms with van der Waals surface area (Å²) in [6.45, 7) is 12.1. The van der Waals surface area contributed by atoms with E-state index in [0.717, 1.165) is 41.1 Å². The fourth-order valence-corrected chi connectivity index (χ4v) is 10.0. The van der Waals surface area contributed by atoms with Gasteiger partial charge in [-0.05, 0) is 90.9 Å². The molecule has 5 aliphatic rings. The second-order valence-electron chi connectivity index (χ2n) is 17.2. The van der Waals surface area contributed by atoms with Gasteiger partial charge in [-0.1, -0.05) is 27.7 Å². The standard InChI is InChI=1S/C44H45N7O6/c1-43(2)41(44(3,4)42(43)57-32-10-7-27(20-45)28(17-32)21-46)47-31-8-5-26(6-9-31)38(54)50-15-13-25(14-16-50)22-49-23-29-18-33-34(19-30(29)24-49)40(56)51(39(33)55)35-11-12-36(52)48-37(35)53/h5-10,17-19,25,35,41-42,47H,11-16,22-24H2,1-4H3,(H,48,52,53). The van der Waals surface area contributed by atoms with Crippen molar-refractivity contribution in [2.75, 3.05) is 25.0 Å². The van der Waals surface area contributed by atoms with Crippen molar-refractivity contribution < 1.29 is 28.7 Å². The lowest BCUT2D eigenvalue weighted by atomic mass is 9.49. The zero-order chi connectivity index (χ0) is 40.4. The van der Waals surface area contributed by atoms with Crippen LogP contribution in [-0.2, 0) is 22.7 Å². The maximum absolute atomic E-state index is 13.6. The fourth-order valence-electron chi connectivity index (χ4n) is 10.0. The summed E-state index contributed by atoms with van der Waals surface area (Å²) in [5, 5.41) is 24.7. The Labute approximate surface area is 331 Å². The van der Waals surface area contributed by atoms with Crippen LogP contribution in [0.5, 0.6) is 5.75 Å². The Balaban J connectivity index is 0.823. The number of ether oxygens (including phenoxy) is 1. The average molecular weight is 768 g/mol. The van der Waals surface area contributed by atoms with E-state index in [9.17, 15) is 34.5 Å². The number of nitriles is 2. The number of amides is 5. The van der Waals surface area contributed by atoms with E-state index in [2.05, 4.69) is 49.3 Å². The van der Waals surface area contributed by atoms with E-state index in [1.54, 1.807) is 30.3 Å². The number of hydrogen-bond acceptors (Lipinski definition) is 10. The van der Waals surface area contributed by atoms with Crippen molar-refractivity contribution in [2.24, 2.45) is 16.7 Å². The molecule has 2 saturated heterocycles. The van der Waals surface area contributed by atoms with Crippen molar-refractivity contribution in [2.45, 2.75) is 84.7 Å². The number of fused-ring (bicyclic) bond motifs is 2. The smallest absolute Gasteiger partial charge is 0.262 e. The number of piperidine rings is 2. The van der Waals surface area contributed by atoms with Gasteiger partial charge < -0.3 is 15.0 Å². The molecular formula is C44H45N7O6. The lowest BCUT2D eigenvalue weighted by Gasteiger charge is -2.63. The molecule has 1 unspecified atom stereocenters. The Kier molecular flexibility index (Phi) is 9.40. The molecule has 0 radical (unpaired) electrons. The topological polar surface area (TPSA) is 176 Å². The van der Waals surface area contributed by atoms with E-state index < -0.39 is 29.7 Å². The zero-order valence-electron chi connectivity index (χ0n) is 32.6. The highest BCUT2D eigenvalue weighted by Crippen LogP contribution is 2.56. The van der Waals surface area contributed by atoms with E-state index >= 15 is 0 Å². The van der Waals surface area contributed by atoms with Crippen molar-refractivity contribution in [3.63, 3.8) is 0 Å². The Morgan fingerprint density at radius 3 is 2.04 bits per heavy atom. The number of benzene rings is 3. The van der Waals surface area contributed by atoms with E-state index in [1.165, 1.54) is 0 Å². The predicted octanol–water partition coefficient (Wildman–Crippen LogP) is 4.99. The average Bonchev–Trinajstić information content (AvgIpc) is 3.70. The predicted molar refractivity (Wildman–Crippen MR) is 208 cm³/mol. The second-order valence-corrected chi connectivity index (χ2v) is 17.2. The molecule has 0 spiro atoms. The maximum atomic E-state index is 13.6. The van der Waals surface area contributed by atoms with Crippen LogP contribution in [0.2, 0.25) is 0 Å². The van der Waals surface area contributed by atoms with Crippen LogP contribution < -0.4 is 15.4 Å². The maximum Gasteiger partial charge on any atom is 0.262 e. The Morgan fingerprint density at radius 2 is 1.46 bits per heavy atom. The Hall–Kier alpha value is -6.05. The molecule has 1 atom stereocenters. The summed E-state index contributed by atoms with van der Waals surface area (Å²) in [6, 6.07) is 19.4. The Morgan fingerprint density at radius 1 is 0.842 bits per heavy atom. The van der Waals surface area contributed by atoms with Gasteiger partial charge in [-0.15, -0.1) is 0 Å². The Bertz CT molecular complexity index is 2240. The van der Waals surface area contributed by atoms with Crippen LogP contribution in [-0.4, -0.2) is 82.1 Å². The molecule has 57 heavy (non-hydrogen) atoms. The summed E-state index contributed by atoms with van der Waals surface area (Å²) in [7, 11) is 0. The highest BCUT2D eigenvalue weighted by Gasteiger charge is 2.63. The van der Waals surface area contributed by atoms with Crippen molar-refractivity contribution >= 4 is 35.2 Å². The monoisotopic (exact) mass is 767 g/mol. The summed E-state index contributed by atoms with van der Waals surface area (Å²) in [5.74, 6) is -1.01. The molecule has 3 aromatic rings. The molecule has 1 aliphatic carbocycles. The van der Waals surface area contributed by atoms with Gasteiger partial charge in [0.05, 0.1) is 22.3 Å². The number of carbonyl (C=O) groups is 5. The molecular weight excluding hydrogens is 723 g/mol. The number of likely N-dealkylation sites (tertiary alicyclic amines) is 1. The van der Waals surface area contributed by atoms with Gasteiger partial charge >= 0.3 is 0 Å². The molecule has 292 valence electrons. The molecule has 13 nitrogen and oxygen atoms in total. The van der Waals surface area contributed by atoms with Crippen LogP contribution >= 0.6 is 0 Å². The van der Waals surface area contributed by atoms with Crippen LogP contribution in [0.3, 0.4) is 0 Å². The highest BCUT2D eigenvalue weighted by molar-refractivity contribution is 6.23. The third-order valence-corrected chi connectivity index (χ3v) is 12.7. The van der Waals surface area contributed by atoms with Crippen molar-refractivity contribution in [3.8, 4) is 17.9 Å². The van der Waals surface area contributed by atoms with E-state index in [4.69, 9.17) is 4.74 Å². The molecule has 4 aliphatic heterocycles. The SMILES string of the molecule is CC1(C)C(Nc2ccc(C(=O)N3CCC(CN4Cc5cc6c(cc5C4)C(=O)N(C4CCC(=O)NC4=O)C6=O)CC3)cc2)C(C)(C)C1Oc1ccc(C#N)c(C#N)c1. The molecule has 1 saturated carbocycles. The van der Waals surface area contributed by atoms with Gasteiger partial charge in [-0.25, -0.2) is 0 Å². The molecule has 13 heteroatoms. The third kappa shape index (κ3) is 6.60. The summed E-state index contributed by atoms with van der Waals surface area (Å²) in [5.41, 5.74) is 4.27. The van der Waals surface area contributed by atoms with Crippen LogP contribution in [0, 0.1) is 39.4 Å².